The third-order valence-electron chi connectivity index (χ3n) is 5.77. The van der Waals surface area contributed by atoms with Crippen LogP contribution in [0.1, 0.15) is 45.3 Å². The van der Waals surface area contributed by atoms with Crippen LogP contribution in [0.15, 0.2) is 45.6 Å². The molecule has 1 aliphatic rings. The number of rotatable bonds is 5. The molecule has 1 aromatic heterocycles. The van der Waals surface area contributed by atoms with Crippen LogP contribution in [0.25, 0.3) is 11.0 Å². The molecule has 5 nitrogen and oxygen atoms in total. The maximum absolute atomic E-state index is 13.5. The predicted molar refractivity (Wildman–Crippen MR) is 119 cm³/mol. The van der Waals surface area contributed by atoms with Crippen molar-refractivity contribution in [3.05, 3.63) is 79.7 Å². The number of hydrogen-bond acceptors (Lipinski definition) is 4. The van der Waals surface area contributed by atoms with Crippen LogP contribution in [0.4, 0.5) is 0 Å². The molecule has 0 N–H and O–H groups in total. The normalized spacial score (nSPS) is 16.0. The number of carbonyl (C=O) groups is 1. The van der Waals surface area contributed by atoms with Crippen LogP contribution in [0.5, 0.6) is 0 Å². The Hall–Kier alpha value is -2.63. The van der Waals surface area contributed by atoms with Crippen molar-refractivity contribution in [2.75, 3.05) is 27.2 Å². The number of aryl methyl sites for hydroxylation is 2. The number of fused-ring (bicyclic) bond motifs is 2. The Bertz CT molecular complexity index is 1180. The van der Waals surface area contributed by atoms with Crippen molar-refractivity contribution in [3.63, 3.8) is 0 Å². The Kier molecular flexibility index (Phi) is 5.43. The van der Waals surface area contributed by atoms with Gasteiger partial charge >= 0.3 is 0 Å². The molecule has 1 aliphatic heterocycles. The minimum atomic E-state index is -0.478. The van der Waals surface area contributed by atoms with Gasteiger partial charge < -0.3 is 14.2 Å². The monoisotopic (exact) mass is 424 g/mol. The van der Waals surface area contributed by atoms with Gasteiger partial charge in [0.1, 0.15) is 5.58 Å². The number of halogens is 1. The van der Waals surface area contributed by atoms with E-state index in [1.165, 1.54) is 0 Å². The van der Waals surface area contributed by atoms with Crippen LogP contribution < -0.4 is 5.43 Å². The highest BCUT2D eigenvalue weighted by Gasteiger charge is 2.42. The highest BCUT2D eigenvalue weighted by molar-refractivity contribution is 6.30. The van der Waals surface area contributed by atoms with Crippen LogP contribution in [-0.2, 0) is 0 Å². The molecule has 3 aromatic rings. The van der Waals surface area contributed by atoms with Gasteiger partial charge in [-0.2, -0.15) is 0 Å². The predicted octanol–water partition coefficient (Wildman–Crippen LogP) is 4.56. The highest BCUT2D eigenvalue weighted by atomic mass is 35.5. The summed E-state index contributed by atoms with van der Waals surface area (Å²) in [6.45, 7) is 5.31. The summed E-state index contributed by atoms with van der Waals surface area (Å²) in [7, 11) is 4.00. The summed E-state index contributed by atoms with van der Waals surface area (Å²) < 4.78 is 6.04. The molecular formula is C24H25ClN2O3. The topological polar surface area (TPSA) is 53.8 Å². The summed E-state index contributed by atoms with van der Waals surface area (Å²) >= 11 is 6.08. The first-order chi connectivity index (χ1) is 14.3. The van der Waals surface area contributed by atoms with Crippen LogP contribution in [0, 0.1) is 13.8 Å². The molecule has 0 bridgehead atoms. The first kappa shape index (κ1) is 20.6. The van der Waals surface area contributed by atoms with Gasteiger partial charge in [-0.1, -0.05) is 23.7 Å². The standard InChI is InChI=1S/C24H25ClN2O3/c1-14-12-18-19(13-15(14)2)30-23-20(22(18)28)21(16-6-8-17(25)9-7-16)27(24(23)29)11-5-10-26(3)4/h6-9,12-13,21H,5,10-11H2,1-4H3/t21-/m1/s1. The van der Waals surface area contributed by atoms with Gasteiger partial charge in [-0.3, -0.25) is 9.59 Å². The van der Waals surface area contributed by atoms with Crippen molar-refractivity contribution in [1.82, 2.24) is 9.80 Å². The minimum absolute atomic E-state index is 0.141. The van der Waals surface area contributed by atoms with Gasteiger partial charge in [0, 0.05) is 11.6 Å². The number of amides is 1. The molecule has 0 radical (unpaired) electrons. The third-order valence-corrected chi connectivity index (χ3v) is 6.02. The van der Waals surface area contributed by atoms with Crippen LogP contribution in [0.2, 0.25) is 5.02 Å². The molecule has 0 saturated heterocycles. The highest BCUT2D eigenvalue weighted by Crippen LogP contribution is 2.38. The molecule has 1 atom stereocenters. The van der Waals surface area contributed by atoms with E-state index in [0.717, 1.165) is 29.7 Å². The van der Waals surface area contributed by atoms with Gasteiger partial charge in [0.05, 0.1) is 17.0 Å². The molecular weight excluding hydrogens is 400 g/mol. The first-order valence-corrected chi connectivity index (χ1v) is 10.4. The van der Waals surface area contributed by atoms with E-state index in [4.69, 9.17) is 16.0 Å². The van der Waals surface area contributed by atoms with E-state index in [1.807, 2.05) is 52.2 Å². The van der Waals surface area contributed by atoms with Crippen LogP contribution >= 0.6 is 11.6 Å². The fourth-order valence-corrected chi connectivity index (χ4v) is 4.18. The van der Waals surface area contributed by atoms with Gasteiger partial charge in [0.25, 0.3) is 5.91 Å². The quantitative estimate of drug-likeness (QED) is 0.602. The fraction of sp³-hybridized carbons (Fsp3) is 0.333. The summed E-state index contributed by atoms with van der Waals surface area (Å²) in [5.74, 6) is -0.0820. The molecule has 0 saturated carbocycles. The van der Waals surface area contributed by atoms with E-state index < -0.39 is 6.04 Å². The Morgan fingerprint density at radius 3 is 2.40 bits per heavy atom. The summed E-state index contributed by atoms with van der Waals surface area (Å²) in [5, 5.41) is 1.12. The second-order valence-electron chi connectivity index (χ2n) is 8.22. The Balaban J connectivity index is 1.90. The lowest BCUT2D eigenvalue weighted by molar-refractivity contribution is 0.0722. The summed E-state index contributed by atoms with van der Waals surface area (Å²) in [4.78, 5) is 30.7. The lowest BCUT2D eigenvalue weighted by Gasteiger charge is -2.25. The van der Waals surface area contributed by atoms with Gasteiger partial charge in [-0.05, 0) is 81.9 Å². The number of hydrogen-bond donors (Lipinski definition) is 0. The van der Waals surface area contributed by atoms with Crippen LogP contribution in [0.3, 0.4) is 0 Å². The zero-order valence-electron chi connectivity index (χ0n) is 17.7. The molecule has 2 heterocycles. The van der Waals surface area contributed by atoms with Gasteiger partial charge in [-0.25, -0.2) is 0 Å². The molecule has 0 aliphatic carbocycles. The average Bonchev–Trinajstić information content (AvgIpc) is 2.97. The van der Waals surface area contributed by atoms with E-state index >= 15 is 0 Å². The maximum atomic E-state index is 13.5. The van der Waals surface area contributed by atoms with E-state index in [9.17, 15) is 9.59 Å². The van der Waals surface area contributed by atoms with E-state index in [1.54, 1.807) is 17.0 Å². The van der Waals surface area contributed by atoms with Crippen molar-refractivity contribution in [3.8, 4) is 0 Å². The van der Waals surface area contributed by atoms with Crippen molar-refractivity contribution in [1.29, 1.82) is 0 Å². The summed E-state index contributed by atoms with van der Waals surface area (Å²) in [5.41, 5.74) is 3.63. The smallest absolute Gasteiger partial charge is 0.290 e. The lowest BCUT2D eigenvalue weighted by Crippen LogP contribution is -2.32. The van der Waals surface area contributed by atoms with Gasteiger partial charge in [0.15, 0.2) is 5.43 Å². The molecule has 0 spiro atoms. The maximum Gasteiger partial charge on any atom is 0.290 e. The molecule has 156 valence electrons. The zero-order valence-corrected chi connectivity index (χ0v) is 18.4. The second-order valence-corrected chi connectivity index (χ2v) is 8.65. The van der Waals surface area contributed by atoms with Crippen molar-refractivity contribution in [2.45, 2.75) is 26.3 Å². The van der Waals surface area contributed by atoms with Crippen molar-refractivity contribution < 1.29 is 9.21 Å². The fourth-order valence-electron chi connectivity index (χ4n) is 4.06. The number of benzene rings is 2. The largest absolute Gasteiger partial charge is 0.450 e. The minimum Gasteiger partial charge on any atom is -0.450 e. The third kappa shape index (κ3) is 3.53. The van der Waals surface area contributed by atoms with Crippen LogP contribution in [-0.4, -0.2) is 42.9 Å². The SMILES string of the molecule is Cc1cc2oc3c(c(=O)c2cc1C)[C@@H](c1ccc(Cl)cc1)N(CCCN(C)C)C3=O. The molecule has 6 heteroatoms. The number of carbonyl (C=O) groups excluding carboxylic acids is 1. The number of nitrogens with zero attached hydrogens (tertiary/aromatic N) is 2. The van der Waals surface area contributed by atoms with Crippen molar-refractivity contribution >= 4 is 28.5 Å². The Labute approximate surface area is 180 Å². The molecule has 0 fully saturated rings. The molecule has 30 heavy (non-hydrogen) atoms. The van der Waals surface area contributed by atoms with Crippen molar-refractivity contribution in [2.24, 2.45) is 0 Å². The summed E-state index contributed by atoms with van der Waals surface area (Å²) in [6.07, 6.45) is 0.794. The first-order valence-electron chi connectivity index (χ1n) is 10.1. The zero-order chi connectivity index (χ0) is 21.6. The average molecular weight is 425 g/mol. The molecule has 4 rings (SSSR count). The van der Waals surface area contributed by atoms with Gasteiger partial charge in [0.2, 0.25) is 5.76 Å². The lowest BCUT2D eigenvalue weighted by atomic mass is 9.97. The Morgan fingerprint density at radius 1 is 1.07 bits per heavy atom. The van der Waals surface area contributed by atoms with E-state index in [-0.39, 0.29) is 17.1 Å². The molecule has 1 amide bonds. The van der Waals surface area contributed by atoms with E-state index in [2.05, 4.69) is 4.90 Å². The Morgan fingerprint density at radius 2 is 1.73 bits per heavy atom. The molecule has 2 aromatic carbocycles. The van der Waals surface area contributed by atoms with E-state index in [0.29, 0.717) is 28.1 Å². The van der Waals surface area contributed by atoms with Gasteiger partial charge in [-0.15, -0.1) is 0 Å². The molecule has 0 unspecified atom stereocenters. The summed E-state index contributed by atoms with van der Waals surface area (Å²) in [6, 6.07) is 10.5. The second kappa shape index (κ2) is 7.89.